The molecule has 1 N–H and O–H groups in total. The molecule has 0 atom stereocenters. The molecule has 6 heteroatoms. The number of carbonyl (C=O) groups excluding carboxylic acids is 2. The number of esters is 1. The highest BCUT2D eigenvalue weighted by molar-refractivity contribution is 7.18. The minimum absolute atomic E-state index is 0.205. The van der Waals surface area contributed by atoms with E-state index in [0.717, 1.165) is 12.8 Å². The van der Waals surface area contributed by atoms with Gasteiger partial charge in [0, 0.05) is 0 Å². The van der Waals surface area contributed by atoms with Gasteiger partial charge in [-0.25, -0.2) is 4.79 Å². The van der Waals surface area contributed by atoms with E-state index in [1.165, 1.54) is 24.9 Å². The third kappa shape index (κ3) is 3.53. The Balaban J connectivity index is 1.72. The number of thiophene rings is 1. The van der Waals surface area contributed by atoms with Gasteiger partial charge in [-0.15, -0.1) is 11.3 Å². The van der Waals surface area contributed by atoms with E-state index < -0.39 is 5.97 Å². The second-order valence-corrected chi connectivity index (χ2v) is 6.36. The molecule has 120 valence electrons. The van der Waals surface area contributed by atoms with Crippen LogP contribution in [0.2, 0.25) is 0 Å². The number of rotatable bonds is 5. The minimum atomic E-state index is -0.413. The smallest absolute Gasteiger partial charge is 0.348 e. The fraction of sp³-hybridized carbons (Fsp3) is 0.294. The summed E-state index contributed by atoms with van der Waals surface area (Å²) in [4.78, 5) is 24.4. The maximum Gasteiger partial charge on any atom is 0.348 e. The van der Waals surface area contributed by atoms with Crippen LogP contribution in [-0.4, -0.2) is 25.1 Å². The zero-order chi connectivity index (χ0) is 16.2. The molecule has 0 unspecified atom stereocenters. The van der Waals surface area contributed by atoms with Crippen LogP contribution in [0.4, 0.5) is 5.00 Å². The number of amides is 1. The zero-order valence-corrected chi connectivity index (χ0v) is 13.5. The van der Waals surface area contributed by atoms with Crippen molar-refractivity contribution in [2.24, 2.45) is 0 Å². The summed E-state index contributed by atoms with van der Waals surface area (Å²) in [6.45, 7) is 0. The average molecular weight is 331 g/mol. The lowest BCUT2D eigenvalue weighted by Gasteiger charge is -2.27. The Bertz CT molecular complexity index is 721. The second kappa shape index (κ2) is 6.83. The molecule has 2 aromatic rings. The van der Waals surface area contributed by atoms with Gasteiger partial charge in [0.05, 0.1) is 23.8 Å². The highest BCUT2D eigenvalue weighted by Gasteiger charge is 2.22. The average Bonchev–Trinajstić information content (AvgIpc) is 2.99. The third-order valence-electron chi connectivity index (χ3n) is 3.71. The summed E-state index contributed by atoms with van der Waals surface area (Å²) in [7, 11) is 1.33. The molecule has 1 aliphatic rings. The lowest BCUT2D eigenvalue weighted by molar-refractivity contribution is 0.0606. The third-order valence-corrected chi connectivity index (χ3v) is 4.69. The van der Waals surface area contributed by atoms with Crippen molar-refractivity contribution in [3.8, 4) is 5.75 Å². The van der Waals surface area contributed by atoms with Crippen molar-refractivity contribution in [3.63, 3.8) is 0 Å². The van der Waals surface area contributed by atoms with E-state index >= 15 is 0 Å². The van der Waals surface area contributed by atoms with Gasteiger partial charge in [0.1, 0.15) is 10.6 Å². The molecule has 0 saturated heterocycles. The number of nitrogens with one attached hydrogen (secondary N) is 1. The second-order valence-electron chi connectivity index (χ2n) is 5.28. The topological polar surface area (TPSA) is 64.6 Å². The maximum absolute atomic E-state index is 12.5. The van der Waals surface area contributed by atoms with Crippen molar-refractivity contribution in [1.29, 1.82) is 0 Å². The molecular formula is C17H17NO4S. The van der Waals surface area contributed by atoms with Crippen LogP contribution >= 0.6 is 11.3 Å². The molecular weight excluding hydrogens is 314 g/mol. The van der Waals surface area contributed by atoms with Crippen LogP contribution in [0.1, 0.15) is 39.3 Å². The largest absolute Gasteiger partial charge is 0.490 e. The van der Waals surface area contributed by atoms with Gasteiger partial charge in [0.2, 0.25) is 0 Å². The predicted molar refractivity (Wildman–Crippen MR) is 88.3 cm³/mol. The molecule has 0 bridgehead atoms. The van der Waals surface area contributed by atoms with Crippen LogP contribution in [0.3, 0.4) is 0 Å². The number of para-hydroxylation sites is 1. The number of anilines is 1. The first-order valence-corrected chi connectivity index (χ1v) is 8.24. The quantitative estimate of drug-likeness (QED) is 0.848. The monoisotopic (exact) mass is 331 g/mol. The van der Waals surface area contributed by atoms with Gasteiger partial charge in [-0.1, -0.05) is 12.1 Å². The first kappa shape index (κ1) is 15.6. The Morgan fingerprint density at radius 1 is 1.17 bits per heavy atom. The van der Waals surface area contributed by atoms with Crippen molar-refractivity contribution < 1.29 is 19.1 Å². The van der Waals surface area contributed by atoms with Crippen molar-refractivity contribution in [2.45, 2.75) is 25.4 Å². The van der Waals surface area contributed by atoms with Crippen molar-refractivity contribution in [1.82, 2.24) is 0 Å². The van der Waals surface area contributed by atoms with E-state index in [1.54, 1.807) is 24.3 Å². The van der Waals surface area contributed by atoms with E-state index in [4.69, 9.17) is 4.74 Å². The van der Waals surface area contributed by atoms with Crippen LogP contribution in [0.15, 0.2) is 36.4 Å². The van der Waals surface area contributed by atoms with Gasteiger partial charge in [0.15, 0.2) is 0 Å². The van der Waals surface area contributed by atoms with E-state index in [1.807, 2.05) is 12.1 Å². The molecule has 1 aromatic carbocycles. The molecule has 3 rings (SSSR count). The summed E-state index contributed by atoms with van der Waals surface area (Å²) >= 11 is 1.18. The summed E-state index contributed by atoms with van der Waals surface area (Å²) in [6.07, 6.45) is 3.44. The lowest BCUT2D eigenvalue weighted by Crippen LogP contribution is -2.26. The van der Waals surface area contributed by atoms with Gasteiger partial charge < -0.3 is 14.8 Å². The van der Waals surface area contributed by atoms with Crippen molar-refractivity contribution in [2.75, 3.05) is 12.4 Å². The van der Waals surface area contributed by atoms with Crippen molar-refractivity contribution in [3.05, 3.63) is 46.8 Å². The summed E-state index contributed by atoms with van der Waals surface area (Å²) in [5, 5.41) is 3.39. The van der Waals surface area contributed by atoms with Crippen LogP contribution in [0.25, 0.3) is 0 Å². The normalized spacial score (nSPS) is 14.0. The molecule has 5 nitrogen and oxygen atoms in total. The molecule has 0 aliphatic heterocycles. The van der Waals surface area contributed by atoms with Gasteiger partial charge in [0.25, 0.3) is 5.91 Å². The summed E-state index contributed by atoms with van der Waals surface area (Å²) < 4.78 is 10.5. The van der Waals surface area contributed by atoms with E-state index in [9.17, 15) is 9.59 Å². The summed E-state index contributed by atoms with van der Waals surface area (Å²) in [5.41, 5.74) is 0.493. The molecule has 1 amide bonds. The molecule has 1 aromatic heterocycles. The highest BCUT2D eigenvalue weighted by atomic mass is 32.1. The van der Waals surface area contributed by atoms with Crippen LogP contribution in [0.5, 0.6) is 5.75 Å². The van der Waals surface area contributed by atoms with E-state index in [0.29, 0.717) is 21.2 Å². The Hall–Kier alpha value is -2.34. The van der Waals surface area contributed by atoms with Crippen LogP contribution < -0.4 is 10.1 Å². The Kier molecular flexibility index (Phi) is 4.62. The molecule has 0 spiro atoms. The Labute approximate surface area is 138 Å². The SMILES string of the molecule is COC(=O)c1ccc(NC(=O)c2ccccc2OC2CCC2)s1. The fourth-order valence-electron chi connectivity index (χ4n) is 2.22. The number of hydrogen-bond donors (Lipinski definition) is 1. The maximum atomic E-state index is 12.5. The molecule has 1 aliphatic carbocycles. The van der Waals surface area contributed by atoms with Gasteiger partial charge in [-0.3, -0.25) is 4.79 Å². The molecule has 1 fully saturated rings. The molecule has 1 saturated carbocycles. The minimum Gasteiger partial charge on any atom is -0.490 e. The predicted octanol–water partition coefficient (Wildman–Crippen LogP) is 3.72. The van der Waals surface area contributed by atoms with Crippen molar-refractivity contribution >= 4 is 28.2 Å². The zero-order valence-electron chi connectivity index (χ0n) is 12.7. The summed E-state index contributed by atoms with van der Waals surface area (Å²) in [5.74, 6) is -0.0677. The molecule has 1 heterocycles. The first-order chi connectivity index (χ1) is 11.2. The van der Waals surface area contributed by atoms with Crippen LogP contribution in [0, 0.1) is 0 Å². The number of methoxy groups -OCH3 is 1. The van der Waals surface area contributed by atoms with E-state index in [2.05, 4.69) is 10.1 Å². The summed E-state index contributed by atoms with van der Waals surface area (Å²) in [6, 6.07) is 10.5. The number of hydrogen-bond acceptors (Lipinski definition) is 5. The van der Waals surface area contributed by atoms with Gasteiger partial charge in [-0.05, 0) is 43.5 Å². The standard InChI is InChI=1S/C17H17NO4S/c1-21-17(20)14-9-10-15(23-14)18-16(19)12-7-2-3-8-13(12)22-11-5-4-6-11/h2-3,7-11H,4-6H2,1H3,(H,18,19). The van der Waals surface area contributed by atoms with Gasteiger partial charge >= 0.3 is 5.97 Å². The Morgan fingerprint density at radius 3 is 2.65 bits per heavy atom. The first-order valence-electron chi connectivity index (χ1n) is 7.42. The van der Waals surface area contributed by atoms with Gasteiger partial charge in [-0.2, -0.15) is 0 Å². The molecule has 0 radical (unpaired) electrons. The molecule has 23 heavy (non-hydrogen) atoms. The lowest BCUT2D eigenvalue weighted by atomic mass is 9.96. The number of carbonyl (C=O) groups is 2. The van der Waals surface area contributed by atoms with E-state index in [-0.39, 0.29) is 12.0 Å². The fourth-order valence-corrected chi connectivity index (χ4v) is 3.04. The van der Waals surface area contributed by atoms with Crippen LogP contribution in [-0.2, 0) is 4.74 Å². The highest BCUT2D eigenvalue weighted by Crippen LogP contribution is 2.29. The number of ether oxygens (including phenoxy) is 2. The Morgan fingerprint density at radius 2 is 1.96 bits per heavy atom. The number of benzene rings is 1.